The van der Waals surface area contributed by atoms with E-state index in [4.69, 9.17) is 19.7 Å². The Morgan fingerprint density at radius 3 is 2.65 bits per heavy atom. The maximum Gasteiger partial charge on any atom is 0.224 e. The van der Waals surface area contributed by atoms with Crippen LogP contribution in [0, 0.1) is 0 Å². The molecule has 2 aliphatic heterocycles. The molecule has 2 aliphatic rings. The van der Waals surface area contributed by atoms with Gasteiger partial charge in [0, 0.05) is 4.91 Å². The van der Waals surface area contributed by atoms with Crippen molar-refractivity contribution in [2.75, 3.05) is 13.2 Å². The molecule has 4 atom stereocenters. The Kier molecular flexibility index (Phi) is 3.03. The third-order valence-electron chi connectivity index (χ3n) is 2.85. The number of hydrogen-bond acceptors (Lipinski definition) is 6. The lowest BCUT2D eigenvalue weighted by atomic mass is 10.1. The quantitative estimate of drug-likeness (QED) is 0.409. The van der Waals surface area contributed by atoms with Crippen LogP contribution in [0.4, 0.5) is 0 Å². The van der Waals surface area contributed by atoms with Crippen LogP contribution in [-0.2, 0) is 14.2 Å². The molecule has 0 aromatic rings. The van der Waals surface area contributed by atoms with Crippen molar-refractivity contribution in [3.8, 4) is 0 Å². The number of ether oxygens (including phenoxy) is 3. The molecule has 2 N–H and O–H groups in total. The Bertz CT molecular complexity index is 357. The van der Waals surface area contributed by atoms with Crippen LogP contribution in [0.5, 0.6) is 0 Å². The number of aliphatic hydroxyl groups is 2. The summed E-state index contributed by atoms with van der Waals surface area (Å²) >= 11 is 0. The smallest absolute Gasteiger partial charge is 0.224 e. The first-order valence-electron chi connectivity index (χ1n) is 5.30. The summed E-state index contributed by atoms with van der Waals surface area (Å²) in [5, 5.41) is 22.7. The van der Waals surface area contributed by atoms with Gasteiger partial charge in [0.1, 0.15) is 18.8 Å². The van der Waals surface area contributed by atoms with Crippen LogP contribution in [0.25, 0.3) is 10.4 Å². The van der Waals surface area contributed by atoms with Crippen molar-refractivity contribution in [2.45, 2.75) is 43.7 Å². The molecule has 8 heteroatoms. The zero-order valence-corrected chi connectivity index (χ0v) is 9.61. The SMILES string of the molecule is CC1(C)O[C@@H]2[C@@H](O)[C@H](CN=[N+]=[N-])O[C@@]2(CO)O1. The molecule has 0 saturated carbocycles. The predicted molar refractivity (Wildman–Crippen MR) is 54.7 cm³/mol. The summed E-state index contributed by atoms with van der Waals surface area (Å²) in [7, 11) is 0. The molecule has 17 heavy (non-hydrogen) atoms. The van der Waals surface area contributed by atoms with Gasteiger partial charge in [0.05, 0.1) is 12.6 Å². The van der Waals surface area contributed by atoms with E-state index in [1.54, 1.807) is 13.8 Å². The second-order valence-corrected chi connectivity index (χ2v) is 4.57. The number of aliphatic hydroxyl groups excluding tert-OH is 2. The standard InChI is InChI=1S/C9H15N3O5/c1-8(2)16-7-6(14)5(3-11-12-10)15-9(7,4-13)17-8/h5-7,13-14H,3-4H2,1-2H3/t5-,6-,7+,9-/m0/s1. The molecule has 0 aliphatic carbocycles. The van der Waals surface area contributed by atoms with E-state index < -0.39 is 36.5 Å². The van der Waals surface area contributed by atoms with Gasteiger partial charge in [-0.1, -0.05) is 5.11 Å². The summed E-state index contributed by atoms with van der Waals surface area (Å²) in [4.78, 5) is 2.59. The van der Waals surface area contributed by atoms with Gasteiger partial charge in [0.15, 0.2) is 5.79 Å². The van der Waals surface area contributed by atoms with Gasteiger partial charge >= 0.3 is 0 Å². The van der Waals surface area contributed by atoms with Crippen molar-refractivity contribution in [1.29, 1.82) is 0 Å². The van der Waals surface area contributed by atoms with E-state index in [1.165, 1.54) is 0 Å². The lowest BCUT2D eigenvalue weighted by Gasteiger charge is -2.26. The van der Waals surface area contributed by atoms with E-state index in [9.17, 15) is 10.2 Å². The molecule has 2 fully saturated rings. The number of hydrogen-bond donors (Lipinski definition) is 2. The molecule has 96 valence electrons. The van der Waals surface area contributed by atoms with E-state index in [1.807, 2.05) is 0 Å². The number of rotatable bonds is 3. The second-order valence-electron chi connectivity index (χ2n) is 4.57. The molecular formula is C9H15N3O5. The molecule has 0 aromatic heterocycles. The fourth-order valence-corrected chi connectivity index (χ4v) is 2.26. The first-order chi connectivity index (χ1) is 7.94. The molecule has 8 nitrogen and oxygen atoms in total. The molecule has 2 heterocycles. The minimum absolute atomic E-state index is 0.0386. The maximum atomic E-state index is 9.99. The first kappa shape index (κ1) is 12.6. The summed E-state index contributed by atoms with van der Waals surface area (Å²) in [6, 6.07) is 0. The van der Waals surface area contributed by atoms with Gasteiger partial charge in [-0.25, -0.2) is 0 Å². The van der Waals surface area contributed by atoms with Crippen LogP contribution in [0.2, 0.25) is 0 Å². The molecule has 0 unspecified atom stereocenters. The highest BCUT2D eigenvalue weighted by Crippen LogP contribution is 2.45. The highest BCUT2D eigenvalue weighted by molar-refractivity contribution is 5.02. The highest BCUT2D eigenvalue weighted by Gasteiger charge is 2.64. The van der Waals surface area contributed by atoms with E-state index in [0.29, 0.717) is 0 Å². The largest absolute Gasteiger partial charge is 0.391 e. The lowest BCUT2D eigenvalue weighted by Crippen LogP contribution is -2.43. The lowest BCUT2D eigenvalue weighted by molar-refractivity contribution is -0.272. The fourth-order valence-electron chi connectivity index (χ4n) is 2.26. The van der Waals surface area contributed by atoms with Gasteiger partial charge in [-0.15, -0.1) is 0 Å². The van der Waals surface area contributed by atoms with Crippen molar-refractivity contribution in [1.82, 2.24) is 0 Å². The van der Waals surface area contributed by atoms with Crippen molar-refractivity contribution in [3.63, 3.8) is 0 Å². The zero-order valence-electron chi connectivity index (χ0n) is 9.61. The van der Waals surface area contributed by atoms with Crippen LogP contribution in [0.15, 0.2) is 5.11 Å². The predicted octanol–water partition coefficient (Wildman–Crippen LogP) is -0.104. The summed E-state index contributed by atoms with van der Waals surface area (Å²) < 4.78 is 16.5. The van der Waals surface area contributed by atoms with Gasteiger partial charge in [-0.2, -0.15) is 0 Å². The average molecular weight is 245 g/mol. The van der Waals surface area contributed by atoms with Crippen LogP contribution in [-0.4, -0.2) is 53.3 Å². The number of nitrogens with zero attached hydrogens (tertiary/aromatic N) is 3. The Labute approximate surface area is 97.7 Å². The second kappa shape index (κ2) is 4.09. The molecular weight excluding hydrogens is 230 g/mol. The monoisotopic (exact) mass is 245 g/mol. The van der Waals surface area contributed by atoms with Gasteiger partial charge in [-0.3, -0.25) is 0 Å². The van der Waals surface area contributed by atoms with Crippen LogP contribution >= 0.6 is 0 Å². The van der Waals surface area contributed by atoms with Crippen molar-refractivity contribution >= 4 is 0 Å². The number of fused-ring (bicyclic) bond motifs is 1. The fraction of sp³-hybridized carbons (Fsp3) is 1.00. The summed E-state index contributed by atoms with van der Waals surface area (Å²) in [6.07, 6.45) is -2.53. The number of azide groups is 1. The minimum atomic E-state index is -1.38. The van der Waals surface area contributed by atoms with Crippen LogP contribution < -0.4 is 0 Å². The Morgan fingerprint density at radius 1 is 1.41 bits per heavy atom. The minimum Gasteiger partial charge on any atom is -0.391 e. The van der Waals surface area contributed by atoms with Gasteiger partial charge in [0.2, 0.25) is 5.79 Å². The summed E-state index contributed by atoms with van der Waals surface area (Å²) in [5.74, 6) is -2.31. The van der Waals surface area contributed by atoms with Crippen LogP contribution in [0.3, 0.4) is 0 Å². The Balaban J connectivity index is 2.18. The molecule has 0 radical (unpaired) electrons. The molecule has 0 spiro atoms. The van der Waals surface area contributed by atoms with Crippen molar-refractivity contribution in [3.05, 3.63) is 10.4 Å². The van der Waals surface area contributed by atoms with Crippen molar-refractivity contribution < 1.29 is 24.4 Å². The van der Waals surface area contributed by atoms with Gasteiger partial charge < -0.3 is 24.4 Å². The molecule has 2 saturated heterocycles. The Hall–Kier alpha value is -0.890. The highest BCUT2D eigenvalue weighted by atomic mass is 16.9. The van der Waals surface area contributed by atoms with E-state index in [-0.39, 0.29) is 6.54 Å². The topological polar surface area (TPSA) is 117 Å². The van der Waals surface area contributed by atoms with Crippen LogP contribution in [0.1, 0.15) is 13.8 Å². The molecule has 0 aromatic carbocycles. The molecule has 0 bridgehead atoms. The first-order valence-corrected chi connectivity index (χ1v) is 5.30. The zero-order chi connectivity index (χ0) is 12.7. The average Bonchev–Trinajstić information content (AvgIpc) is 2.67. The van der Waals surface area contributed by atoms with E-state index in [0.717, 1.165) is 0 Å². The summed E-state index contributed by atoms with van der Waals surface area (Å²) in [6.45, 7) is 2.86. The van der Waals surface area contributed by atoms with Gasteiger partial charge in [0.25, 0.3) is 0 Å². The normalized spacial score (nSPS) is 43.2. The van der Waals surface area contributed by atoms with E-state index in [2.05, 4.69) is 10.0 Å². The molecule has 2 rings (SSSR count). The third-order valence-corrected chi connectivity index (χ3v) is 2.85. The maximum absolute atomic E-state index is 9.99. The van der Waals surface area contributed by atoms with E-state index >= 15 is 0 Å². The Morgan fingerprint density at radius 2 is 2.12 bits per heavy atom. The summed E-state index contributed by atoms with van der Waals surface area (Å²) in [5.41, 5.74) is 8.23. The third kappa shape index (κ3) is 1.99. The molecule has 0 amide bonds. The van der Waals surface area contributed by atoms with Gasteiger partial charge in [-0.05, 0) is 19.4 Å². The van der Waals surface area contributed by atoms with Crippen molar-refractivity contribution in [2.24, 2.45) is 5.11 Å².